The second kappa shape index (κ2) is 7.72. The van der Waals surface area contributed by atoms with Crippen LogP contribution in [0.15, 0.2) is 48.5 Å². The minimum Gasteiger partial charge on any atom is -0.324 e. The van der Waals surface area contributed by atoms with Crippen molar-refractivity contribution in [1.82, 2.24) is 0 Å². The smallest absolute Gasteiger partial charge is 0.234 e. The summed E-state index contributed by atoms with van der Waals surface area (Å²) in [5.74, 6) is 0.854. The zero-order valence-corrected chi connectivity index (χ0v) is 12.7. The molecule has 5 heteroatoms. The summed E-state index contributed by atoms with van der Waals surface area (Å²) in [7, 11) is 0. The van der Waals surface area contributed by atoms with Crippen molar-refractivity contribution in [1.29, 1.82) is 5.26 Å². The van der Waals surface area contributed by atoms with Crippen molar-refractivity contribution in [3.05, 3.63) is 64.7 Å². The molecule has 0 aliphatic rings. The molecule has 2 aromatic carbocycles. The first-order valence-corrected chi connectivity index (χ1v) is 7.84. The molecule has 0 fully saturated rings. The highest BCUT2D eigenvalue weighted by atomic mass is 35.5. The van der Waals surface area contributed by atoms with Gasteiger partial charge in [0.05, 0.1) is 17.0 Å². The van der Waals surface area contributed by atoms with Crippen LogP contribution in [0.1, 0.15) is 11.1 Å². The molecule has 0 unspecified atom stereocenters. The molecule has 0 aliphatic carbocycles. The SMILES string of the molecule is N#Cc1ccccc1NC(=O)CSCc1ccccc1Cl. The molecule has 0 spiro atoms. The molecule has 0 aliphatic heterocycles. The van der Waals surface area contributed by atoms with Crippen LogP contribution >= 0.6 is 23.4 Å². The van der Waals surface area contributed by atoms with Crippen molar-refractivity contribution in [2.24, 2.45) is 0 Å². The van der Waals surface area contributed by atoms with Gasteiger partial charge in [-0.05, 0) is 23.8 Å². The monoisotopic (exact) mass is 316 g/mol. The molecule has 3 nitrogen and oxygen atoms in total. The number of nitriles is 1. The van der Waals surface area contributed by atoms with Crippen molar-refractivity contribution in [3.63, 3.8) is 0 Å². The average molecular weight is 317 g/mol. The quantitative estimate of drug-likeness (QED) is 0.904. The zero-order chi connectivity index (χ0) is 15.1. The lowest BCUT2D eigenvalue weighted by molar-refractivity contribution is -0.113. The number of halogens is 1. The Morgan fingerprint density at radius 2 is 1.90 bits per heavy atom. The lowest BCUT2D eigenvalue weighted by Crippen LogP contribution is -2.15. The van der Waals surface area contributed by atoms with E-state index < -0.39 is 0 Å². The van der Waals surface area contributed by atoms with Crippen molar-refractivity contribution in [2.75, 3.05) is 11.1 Å². The summed E-state index contributed by atoms with van der Waals surface area (Å²) >= 11 is 7.54. The van der Waals surface area contributed by atoms with Gasteiger partial charge in [-0.1, -0.05) is 41.9 Å². The normalized spacial score (nSPS) is 9.90. The fourth-order valence-electron chi connectivity index (χ4n) is 1.75. The van der Waals surface area contributed by atoms with Gasteiger partial charge in [0.1, 0.15) is 6.07 Å². The third-order valence-corrected chi connectivity index (χ3v) is 4.12. The summed E-state index contributed by atoms with van der Waals surface area (Å²) in [4.78, 5) is 11.9. The molecule has 21 heavy (non-hydrogen) atoms. The second-order valence-electron chi connectivity index (χ2n) is 4.29. The van der Waals surface area contributed by atoms with Crippen molar-refractivity contribution in [3.8, 4) is 6.07 Å². The lowest BCUT2D eigenvalue weighted by atomic mass is 10.2. The predicted molar refractivity (Wildman–Crippen MR) is 87.4 cm³/mol. The first-order valence-electron chi connectivity index (χ1n) is 6.31. The summed E-state index contributed by atoms with van der Waals surface area (Å²) in [6.07, 6.45) is 0. The fourth-order valence-corrected chi connectivity index (χ4v) is 2.86. The number of hydrogen-bond donors (Lipinski definition) is 1. The van der Waals surface area contributed by atoms with Gasteiger partial charge in [0.25, 0.3) is 0 Å². The van der Waals surface area contributed by atoms with E-state index >= 15 is 0 Å². The topological polar surface area (TPSA) is 52.9 Å². The average Bonchev–Trinajstić information content (AvgIpc) is 2.50. The molecule has 0 atom stereocenters. The number of carbonyl (C=O) groups is 1. The highest BCUT2D eigenvalue weighted by Gasteiger charge is 2.07. The predicted octanol–water partition coefficient (Wildman–Crippen LogP) is 4.08. The van der Waals surface area contributed by atoms with Crippen LogP contribution in [0.3, 0.4) is 0 Å². The molecule has 0 aromatic heterocycles. The van der Waals surface area contributed by atoms with Crippen LogP contribution in [0.25, 0.3) is 0 Å². The van der Waals surface area contributed by atoms with E-state index in [-0.39, 0.29) is 5.91 Å². The van der Waals surface area contributed by atoms with Gasteiger partial charge in [-0.25, -0.2) is 0 Å². The summed E-state index contributed by atoms with van der Waals surface area (Å²) < 4.78 is 0. The van der Waals surface area contributed by atoms with E-state index in [9.17, 15) is 4.79 Å². The van der Waals surface area contributed by atoms with E-state index in [1.54, 1.807) is 24.3 Å². The Morgan fingerprint density at radius 3 is 2.67 bits per heavy atom. The van der Waals surface area contributed by atoms with Gasteiger partial charge in [0.2, 0.25) is 5.91 Å². The molecule has 0 bridgehead atoms. The maximum atomic E-state index is 11.9. The summed E-state index contributed by atoms with van der Waals surface area (Å²) in [5, 5.41) is 12.4. The largest absolute Gasteiger partial charge is 0.324 e. The Hall–Kier alpha value is -1.96. The Labute approximate surface area is 132 Å². The Morgan fingerprint density at radius 1 is 1.19 bits per heavy atom. The maximum Gasteiger partial charge on any atom is 0.234 e. The molecular weight excluding hydrogens is 304 g/mol. The number of thioether (sulfide) groups is 1. The number of nitrogens with zero attached hydrogens (tertiary/aromatic N) is 1. The summed E-state index contributed by atoms with van der Waals surface area (Å²) in [5.41, 5.74) is 2.01. The summed E-state index contributed by atoms with van der Waals surface area (Å²) in [6, 6.07) is 16.6. The molecule has 0 radical (unpaired) electrons. The van der Waals surface area contributed by atoms with Gasteiger partial charge in [-0.2, -0.15) is 5.26 Å². The molecule has 0 heterocycles. The number of hydrogen-bond acceptors (Lipinski definition) is 3. The number of rotatable bonds is 5. The number of anilines is 1. The molecule has 2 aromatic rings. The van der Waals surface area contributed by atoms with Crippen molar-refractivity contribution in [2.45, 2.75) is 5.75 Å². The molecule has 106 valence electrons. The van der Waals surface area contributed by atoms with Gasteiger partial charge in [0, 0.05) is 10.8 Å². The van der Waals surface area contributed by atoms with E-state index in [1.165, 1.54) is 11.8 Å². The third kappa shape index (κ3) is 4.52. The first kappa shape index (κ1) is 15.4. The number of nitrogens with one attached hydrogen (secondary N) is 1. The van der Waals surface area contributed by atoms with Gasteiger partial charge in [-0.15, -0.1) is 11.8 Å². The second-order valence-corrected chi connectivity index (χ2v) is 5.68. The van der Waals surface area contributed by atoms with Crippen LogP contribution in [0.4, 0.5) is 5.69 Å². The molecular formula is C16H13ClN2OS. The number of carbonyl (C=O) groups excluding carboxylic acids is 1. The minimum absolute atomic E-state index is 0.130. The molecule has 1 N–H and O–H groups in total. The molecule has 0 saturated heterocycles. The Balaban J connectivity index is 1.86. The molecule has 1 amide bonds. The van der Waals surface area contributed by atoms with Crippen LogP contribution in [0.2, 0.25) is 5.02 Å². The third-order valence-electron chi connectivity index (χ3n) is 2.77. The number of benzene rings is 2. The van der Waals surface area contributed by atoms with E-state index in [2.05, 4.69) is 11.4 Å². The highest BCUT2D eigenvalue weighted by Crippen LogP contribution is 2.21. The fraction of sp³-hybridized carbons (Fsp3) is 0.125. The van der Waals surface area contributed by atoms with Crippen LogP contribution in [0, 0.1) is 11.3 Å². The van der Waals surface area contributed by atoms with E-state index in [0.717, 1.165) is 5.56 Å². The van der Waals surface area contributed by atoms with E-state index in [1.807, 2.05) is 24.3 Å². The maximum absolute atomic E-state index is 11.9. The van der Waals surface area contributed by atoms with Gasteiger partial charge < -0.3 is 5.32 Å². The molecule has 0 saturated carbocycles. The van der Waals surface area contributed by atoms with Crippen LogP contribution in [-0.2, 0) is 10.5 Å². The van der Waals surface area contributed by atoms with Crippen molar-refractivity contribution < 1.29 is 4.79 Å². The van der Waals surface area contributed by atoms with E-state index in [0.29, 0.717) is 27.8 Å². The zero-order valence-electron chi connectivity index (χ0n) is 11.2. The highest BCUT2D eigenvalue weighted by molar-refractivity contribution is 7.99. The van der Waals surface area contributed by atoms with Crippen molar-refractivity contribution >= 4 is 35.0 Å². The van der Waals surface area contributed by atoms with Crippen LogP contribution < -0.4 is 5.32 Å². The number of para-hydroxylation sites is 1. The van der Waals surface area contributed by atoms with Gasteiger partial charge >= 0.3 is 0 Å². The lowest BCUT2D eigenvalue weighted by Gasteiger charge is -2.07. The van der Waals surface area contributed by atoms with Gasteiger partial charge in [0.15, 0.2) is 0 Å². The van der Waals surface area contributed by atoms with E-state index in [4.69, 9.17) is 16.9 Å². The Kier molecular flexibility index (Phi) is 5.68. The van der Waals surface area contributed by atoms with Gasteiger partial charge in [-0.3, -0.25) is 4.79 Å². The number of amides is 1. The molecule has 2 rings (SSSR count). The standard InChI is InChI=1S/C16H13ClN2OS/c17-14-7-3-1-6-13(14)10-21-11-16(20)19-15-8-4-2-5-12(15)9-18/h1-8H,10-11H2,(H,19,20). The van der Waals surface area contributed by atoms with Crippen LogP contribution in [0.5, 0.6) is 0 Å². The first-order chi connectivity index (χ1) is 10.2. The van der Waals surface area contributed by atoms with Crippen LogP contribution in [-0.4, -0.2) is 11.7 Å². The Bertz CT molecular complexity index is 682. The summed E-state index contributed by atoms with van der Waals surface area (Å²) in [6.45, 7) is 0. The minimum atomic E-state index is -0.130.